The molecule has 0 bridgehead atoms. The Kier molecular flexibility index (Phi) is 9.41. The van der Waals surface area contributed by atoms with E-state index in [0.717, 1.165) is 16.7 Å². The smallest absolute Gasteiger partial charge is 0.408 e. The largest absolute Gasteiger partial charge is 0.465 e. The lowest BCUT2D eigenvalue weighted by Gasteiger charge is -2.38. The number of aromatic nitrogens is 2. The highest BCUT2D eigenvalue weighted by molar-refractivity contribution is 6.33. The van der Waals surface area contributed by atoms with E-state index in [0.29, 0.717) is 32.6 Å². The predicted molar refractivity (Wildman–Crippen MR) is 195 cm³/mol. The van der Waals surface area contributed by atoms with Crippen LogP contribution in [-0.2, 0) is 10.3 Å². The van der Waals surface area contributed by atoms with E-state index < -0.39 is 48.6 Å². The number of hydrogen-bond acceptors (Lipinski definition) is 4. The fourth-order valence-corrected chi connectivity index (χ4v) is 7.54. The number of benzene rings is 5. The first kappa shape index (κ1) is 35.3. The second kappa shape index (κ2) is 14.1. The van der Waals surface area contributed by atoms with E-state index in [-0.39, 0.29) is 17.1 Å². The first-order chi connectivity index (χ1) is 25.5. The van der Waals surface area contributed by atoms with Crippen molar-refractivity contribution in [3.63, 3.8) is 0 Å². The Hall–Kier alpha value is -6.12. The molecule has 0 spiro atoms. The number of nitrogens with one attached hydrogen (secondary N) is 1. The molecule has 53 heavy (non-hydrogen) atoms. The summed E-state index contributed by atoms with van der Waals surface area (Å²) >= 11 is 6.63. The Labute approximate surface area is 307 Å². The van der Waals surface area contributed by atoms with Crippen LogP contribution in [0.4, 0.5) is 23.8 Å². The van der Waals surface area contributed by atoms with E-state index in [1.54, 1.807) is 24.3 Å². The molecule has 0 aliphatic carbocycles. The van der Waals surface area contributed by atoms with Crippen LogP contribution in [0.25, 0.3) is 22.0 Å². The fraction of sp³-hybridized carbons (Fsp3) is 0.171. The summed E-state index contributed by atoms with van der Waals surface area (Å²) in [5, 5.41) is 28.1. The zero-order chi connectivity index (χ0) is 37.3. The predicted octanol–water partition coefficient (Wildman–Crippen LogP) is 9.33. The van der Waals surface area contributed by atoms with E-state index in [1.165, 1.54) is 0 Å². The van der Waals surface area contributed by atoms with Crippen LogP contribution in [-0.4, -0.2) is 50.6 Å². The summed E-state index contributed by atoms with van der Waals surface area (Å²) in [6.45, 7) is -0.631. The number of piperidine rings is 1. The van der Waals surface area contributed by atoms with E-state index in [4.69, 9.17) is 16.7 Å². The minimum atomic E-state index is -4.77. The van der Waals surface area contributed by atoms with Crippen molar-refractivity contribution in [2.24, 2.45) is 5.92 Å². The van der Waals surface area contributed by atoms with Crippen LogP contribution in [0.15, 0.2) is 127 Å². The maximum Gasteiger partial charge on any atom is 0.408 e. The Balaban J connectivity index is 1.45. The topological polar surface area (TPSA) is 111 Å². The summed E-state index contributed by atoms with van der Waals surface area (Å²) in [5.74, 6) is -1.62. The van der Waals surface area contributed by atoms with Crippen LogP contribution in [0.2, 0.25) is 5.02 Å². The van der Waals surface area contributed by atoms with Gasteiger partial charge in [0, 0.05) is 22.5 Å². The third kappa shape index (κ3) is 6.47. The Morgan fingerprint density at radius 2 is 1.42 bits per heavy atom. The summed E-state index contributed by atoms with van der Waals surface area (Å²) in [4.78, 5) is 26.2. The number of nitriles is 1. The van der Waals surface area contributed by atoms with E-state index in [9.17, 15) is 33.1 Å². The molecule has 0 unspecified atom stereocenters. The van der Waals surface area contributed by atoms with Crippen molar-refractivity contribution in [2.75, 3.05) is 11.9 Å². The number of carboxylic acid groups (broad SMARTS) is 1. The molecule has 0 saturated carbocycles. The SMILES string of the molecule is N#Cc1ccc(Cl)c(-c2ccc3c(c2)c(NC(=O)[C@@H]2CC[C@@H](C(F)(F)F)N(C(=O)O)C2)nn3C(c2ccccc2)(c2ccccc2)c2ccccc2)c1. The number of rotatable bonds is 7. The number of alkyl halides is 3. The molecule has 2 amide bonds. The maximum absolute atomic E-state index is 14.0. The zero-order valence-corrected chi connectivity index (χ0v) is 28.7. The van der Waals surface area contributed by atoms with Gasteiger partial charge in [0.25, 0.3) is 0 Å². The van der Waals surface area contributed by atoms with Crippen molar-refractivity contribution in [1.29, 1.82) is 5.26 Å². The Bertz CT molecular complexity index is 2250. The first-order valence-electron chi connectivity index (χ1n) is 16.8. The molecule has 6 aromatic rings. The molecular weight excluding hydrogens is 703 g/mol. The van der Waals surface area contributed by atoms with Crippen LogP contribution in [0.5, 0.6) is 0 Å². The van der Waals surface area contributed by atoms with Gasteiger partial charge in [-0.15, -0.1) is 0 Å². The zero-order valence-electron chi connectivity index (χ0n) is 28.0. The molecule has 1 saturated heterocycles. The van der Waals surface area contributed by atoms with Gasteiger partial charge in [-0.3, -0.25) is 9.69 Å². The number of anilines is 1. The van der Waals surface area contributed by atoms with Crippen molar-refractivity contribution in [1.82, 2.24) is 14.7 Å². The lowest BCUT2D eigenvalue weighted by atomic mass is 9.77. The summed E-state index contributed by atoms with van der Waals surface area (Å²) in [7, 11) is 0. The van der Waals surface area contributed by atoms with Crippen molar-refractivity contribution >= 4 is 40.3 Å². The monoisotopic (exact) mass is 733 g/mol. The van der Waals surface area contributed by atoms with Gasteiger partial charge in [0.05, 0.1) is 23.1 Å². The van der Waals surface area contributed by atoms with Gasteiger partial charge in [-0.05, 0) is 65.4 Å². The van der Waals surface area contributed by atoms with Crippen LogP contribution in [0, 0.1) is 17.2 Å². The third-order valence-corrected chi connectivity index (χ3v) is 10.1. The second-order valence-electron chi connectivity index (χ2n) is 12.9. The molecule has 1 fully saturated rings. The van der Waals surface area contributed by atoms with Crippen LogP contribution < -0.4 is 5.32 Å². The minimum Gasteiger partial charge on any atom is -0.465 e. The second-order valence-corrected chi connectivity index (χ2v) is 13.3. The number of nitrogens with zero attached hydrogens (tertiary/aromatic N) is 4. The molecule has 0 radical (unpaired) electrons. The Morgan fingerprint density at radius 1 is 0.830 bits per heavy atom. The standard InChI is InChI=1S/C41H31ClF3N5O3/c42-34-19-16-26(24-46)22-32(34)27-17-20-35-33(23-27)37(47-38(51)28-18-21-36(41(43,44)45)49(25-28)39(52)53)48-50(35)40(29-10-4-1-5-11-29,30-12-6-2-7-13-30)31-14-8-3-9-15-31/h1-17,19-20,22-23,28,36H,18,21,25H2,(H,52,53)(H,47,48,51)/t28-,36+/m1/s1. The molecule has 12 heteroatoms. The van der Waals surface area contributed by atoms with Gasteiger partial charge < -0.3 is 10.4 Å². The minimum absolute atomic E-state index is 0.117. The fourth-order valence-electron chi connectivity index (χ4n) is 7.31. The number of halogens is 4. The quantitative estimate of drug-likeness (QED) is 0.159. The average Bonchev–Trinajstić information content (AvgIpc) is 3.53. The van der Waals surface area contributed by atoms with Crippen molar-refractivity contribution in [3.8, 4) is 17.2 Å². The van der Waals surface area contributed by atoms with Crippen LogP contribution >= 0.6 is 11.6 Å². The Morgan fingerprint density at radius 3 is 1.94 bits per heavy atom. The molecule has 1 aromatic heterocycles. The van der Waals surface area contributed by atoms with Gasteiger partial charge >= 0.3 is 12.3 Å². The summed E-state index contributed by atoms with van der Waals surface area (Å²) in [5.41, 5.74) is 3.66. The molecule has 5 aromatic carbocycles. The van der Waals surface area contributed by atoms with Crippen molar-refractivity contribution in [2.45, 2.75) is 30.6 Å². The lowest BCUT2D eigenvalue weighted by molar-refractivity contribution is -0.188. The molecule has 8 nitrogen and oxygen atoms in total. The third-order valence-electron chi connectivity index (χ3n) is 9.80. The average molecular weight is 734 g/mol. The van der Waals surface area contributed by atoms with Gasteiger partial charge in [0.15, 0.2) is 5.82 Å². The molecule has 2 N–H and O–H groups in total. The lowest BCUT2D eigenvalue weighted by Crippen LogP contribution is -2.54. The summed E-state index contributed by atoms with van der Waals surface area (Å²) in [6.07, 6.45) is -7.26. The van der Waals surface area contributed by atoms with Gasteiger partial charge in [-0.1, -0.05) is 109 Å². The van der Waals surface area contributed by atoms with E-state index in [2.05, 4.69) is 11.4 Å². The normalized spacial score (nSPS) is 16.2. The van der Waals surface area contributed by atoms with Gasteiger partial charge in [0.2, 0.25) is 5.91 Å². The van der Waals surface area contributed by atoms with Gasteiger partial charge in [-0.25, -0.2) is 9.48 Å². The van der Waals surface area contributed by atoms with Crippen molar-refractivity contribution in [3.05, 3.63) is 155 Å². The number of amides is 2. The highest BCUT2D eigenvalue weighted by Gasteiger charge is 2.49. The number of carbonyl (C=O) groups is 2. The first-order valence-corrected chi connectivity index (χ1v) is 17.2. The number of fused-ring (bicyclic) bond motifs is 1. The van der Waals surface area contributed by atoms with E-state index in [1.807, 2.05) is 108 Å². The molecule has 2 heterocycles. The van der Waals surface area contributed by atoms with Crippen molar-refractivity contribution < 1.29 is 27.9 Å². The van der Waals surface area contributed by atoms with Crippen LogP contribution in [0.1, 0.15) is 35.1 Å². The highest BCUT2D eigenvalue weighted by Crippen LogP contribution is 2.45. The highest BCUT2D eigenvalue weighted by atomic mass is 35.5. The molecule has 266 valence electrons. The molecule has 7 rings (SSSR count). The van der Waals surface area contributed by atoms with E-state index >= 15 is 0 Å². The maximum atomic E-state index is 14.0. The molecule has 1 aliphatic rings. The summed E-state index contributed by atoms with van der Waals surface area (Å²) in [6, 6.07) is 39.6. The molecule has 1 aliphatic heterocycles. The number of carbonyl (C=O) groups excluding carboxylic acids is 1. The molecular formula is C41H31ClF3N5O3. The molecule has 2 atom stereocenters. The van der Waals surface area contributed by atoms with Gasteiger partial charge in [0.1, 0.15) is 11.6 Å². The summed E-state index contributed by atoms with van der Waals surface area (Å²) < 4.78 is 43.1. The van der Waals surface area contributed by atoms with Crippen LogP contribution in [0.3, 0.4) is 0 Å². The number of hydrogen-bond donors (Lipinski definition) is 2. The van der Waals surface area contributed by atoms with Gasteiger partial charge in [-0.2, -0.15) is 23.5 Å². The number of likely N-dealkylation sites (tertiary alicyclic amines) is 1.